The number of fused-ring (bicyclic) bond motifs is 1. The minimum atomic E-state index is -3.53. The van der Waals surface area contributed by atoms with Gasteiger partial charge < -0.3 is 19.4 Å². The SMILES string of the molecule is C[Si](C)(C)CCOCn1c(CNC(=O)OCc2ccccc2)nc2c(CCOS(C)(=O)=O)cccc21. The lowest BCUT2D eigenvalue weighted by atomic mass is 10.1. The van der Waals surface area contributed by atoms with Crippen LogP contribution in [0.25, 0.3) is 11.0 Å². The zero-order valence-corrected chi connectivity index (χ0v) is 23.1. The zero-order valence-electron chi connectivity index (χ0n) is 21.3. The lowest BCUT2D eigenvalue weighted by Gasteiger charge is -2.16. The van der Waals surface area contributed by atoms with Crippen LogP contribution < -0.4 is 5.32 Å². The fourth-order valence-electron chi connectivity index (χ4n) is 3.50. The molecule has 0 spiro atoms. The van der Waals surface area contributed by atoms with E-state index in [0.29, 0.717) is 25.6 Å². The van der Waals surface area contributed by atoms with Crippen molar-refractivity contribution in [2.24, 2.45) is 0 Å². The van der Waals surface area contributed by atoms with Gasteiger partial charge in [-0.3, -0.25) is 4.18 Å². The maximum atomic E-state index is 12.3. The van der Waals surface area contributed by atoms with Crippen LogP contribution in [0.4, 0.5) is 4.79 Å². The summed E-state index contributed by atoms with van der Waals surface area (Å²) in [4.78, 5) is 17.1. The molecule has 11 heteroatoms. The van der Waals surface area contributed by atoms with Gasteiger partial charge in [-0.25, -0.2) is 9.78 Å². The topological polar surface area (TPSA) is 109 Å². The molecule has 0 radical (unpaired) electrons. The summed E-state index contributed by atoms with van der Waals surface area (Å²) in [5.41, 5.74) is 3.31. The zero-order chi connectivity index (χ0) is 26.2. The van der Waals surface area contributed by atoms with Gasteiger partial charge in [-0.2, -0.15) is 8.42 Å². The average Bonchev–Trinajstić information content (AvgIpc) is 3.16. The van der Waals surface area contributed by atoms with Crippen LogP contribution in [0.3, 0.4) is 0 Å². The number of alkyl carbamates (subject to hydrolysis) is 1. The van der Waals surface area contributed by atoms with Crippen LogP contribution in [0.5, 0.6) is 0 Å². The summed E-state index contributed by atoms with van der Waals surface area (Å²) in [5, 5.41) is 2.77. The molecular weight excluding hydrogens is 498 g/mol. The molecule has 0 saturated carbocycles. The second-order valence-electron chi connectivity index (χ2n) is 9.78. The number of aromatic nitrogens is 2. The van der Waals surface area contributed by atoms with Crippen molar-refractivity contribution in [3.63, 3.8) is 0 Å². The Morgan fingerprint density at radius 2 is 1.81 bits per heavy atom. The van der Waals surface area contributed by atoms with Gasteiger partial charge in [0.05, 0.1) is 30.4 Å². The fourth-order valence-corrected chi connectivity index (χ4v) is 4.64. The molecule has 1 amide bonds. The van der Waals surface area contributed by atoms with Crippen molar-refractivity contribution < 1.29 is 26.9 Å². The van der Waals surface area contributed by atoms with E-state index < -0.39 is 24.3 Å². The third kappa shape index (κ3) is 9.05. The summed E-state index contributed by atoms with van der Waals surface area (Å²) in [7, 11) is -4.76. The minimum Gasteiger partial charge on any atom is -0.445 e. The minimum absolute atomic E-state index is 0.0247. The van der Waals surface area contributed by atoms with Crippen LogP contribution >= 0.6 is 0 Å². The Labute approximate surface area is 213 Å². The summed E-state index contributed by atoms with van der Waals surface area (Å²) < 4.78 is 40.8. The van der Waals surface area contributed by atoms with E-state index in [1.807, 2.05) is 53.1 Å². The predicted molar refractivity (Wildman–Crippen MR) is 142 cm³/mol. The molecule has 1 N–H and O–H groups in total. The molecular formula is C25H35N3O6SSi. The number of hydrogen-bond donors (Lipinski definition) is 1. The maximum absolute atomic E-state index is 12.3. The summed E-state index contributed by atoms with van der Waals surface area (Å²) in [5.74, 6) is 0.617. The molecule has 3 aromatic rings. The monoisotopic (exact) mass is 533 g/mol. The summed E-state index contributed by atoms with van der Waals surface area (Å²) in [6.07, 6.45) is 0.865. The number of hydrogen-bond acceptors (Lipinski definition) is 7. The van der Waals surface area contributed by atoms with E-state index in [4.69, 9.17) is 18.6 Å². The van der Waals surface area contributed by atoms with E-state index in [1.165, 1.54) is 0 Å². The molecule has 0 aliphatic rings. The van der Waals surface area contributed by atoms with Crippen LogP contribution in [-0.2, 0) is 50.1 Å². The number of benzene rings is 2. The first kappa shape index (κ1) is 27.8. The highest BCUT2D eigenvalue weighted by Gasteiger charge is 2.17. The molecule has 196 valence electrons. The van der Waals surface area contributed by atoms with Gasteiger partial charge in [0, 0.05) is 14.7 Å². The van der Waals surface area contributed by atoms with Gasteiger partial charge in [0.25, 0.3) is 10.1 Å². The number of para-hydroxylation sites is 1. The molecule has 0 aliphatic heterocycles. The highest BCUT2D eigenvalue weighted by Crippen LogP contribution is 2.22. The van der Waals surface area contributed by atoms with Gasteiger partial charge >= 0.3 is 6.09 Å². The number of carbonyl (C=O) groups is 1. The lowest BCUT2D eigenvalue weighted by Crippen LogP contribution is -2.26. The number of ether oxygens (including phenoxy) is 2. The van der Waals surface area contributed by atoms with Crippen LogP contribution in [-0.4, -0.2) is 51.6 Å². The first-order valence-corrected chi connectivity index (χ1v) is 17.4. The standard InChI is InChI=1S/C25H35N3O6SSi/c1-35(30,31)34-14-13-21-11-8-12-22-24(21)27-23(28(22)19-32-15-16-36(2,3)4)17-26-25(29)33-18-20-9-6-5-7-10-20/h5-12H,13-19H2,1-4H3,(H,26,29). The van der Waals surface area contributed by atoms with Gasteiger partial charge in [0.1, 0.15) is 19.2 Å². The van der Waals surface area contributed by atoms with Crippen molar-refractivity contribution in [1.29, 1.82) is 0 Å². The Kier molecular flexibility index (Phi) is 9.66. The molecule has 0 atom stereocenters. The van der Waals surface area contributed by atoms with Gasteiger partial charge in [-0.1, -0.05) is 62.1 Å². The van der Waals surface area contributed by atoms with Crippen molar-refractivity contribution in [3.8, 4) is 0 Å². The highest BCUT2D eigenvalue weighted by molar-refractivity contribution is 7.85. The fraction of sp³-hybridized carbons (Fsp3) is 0.440. The molecule has 0 fully saturated rings. The Hall–Kier alpha value is -2.73. The number of imidazole rings is 1. The molecule has 0 bridgehead atoms. The van der Waals surface area contributed by atoms with Gasteiger partial charge in [-0.15, -0.1) is 0 Å². The second kappa shape index (κ2) is 12.5. The second-order valence-corrected chi connectivity index (χ2v) is 17.0. The number of amides is 1. The molecule has 0 saturated heterocycles. The van der Waals surface area contributed by atoms with Crippen LogP contribution in [0.1, 0.15) is 17.0 Å². The van der Waals surface area contributed by atoms with Crippen molar-refractivity contribution in [2.45, 2.75) is 52.0 Å². The van der Waals surface area contributed by atoms with E-state index in [1.54, 1.807) is 0 Å². The third-order valence-electron chi connectivity index (χ3n) is 5.43. The first-order valence-electron chi connectivity index (χ1n) is 11.9. The largest absolute Gasteiger partial charge is 0.445 e. The molecule has 2 aromatic carbocycles. The van der Waals surface area contributed by atoms with Crippen LogP contribution in [0.15, 0.2) is 48.5 Å². The van der Waals surface area contributed by atoms with Crippen LogP contribution in [0, 0.1) is 0 Å². The van der Waals surface area contributed by atoms with Crippen molar-refractivity contribution in [1.82, 2.24) is 14.9 Å². The smallest absolute Gasteiger partial charge is 0.407 e. The van der Waals surface area contributed by atoms with Crippen molar-refractivity contribution in [2.75, 3.05) is 19.5 Å². The number of carbonyl (C=O) groups excluding carboxylic acids is 1. The quantitative estimate of drug-likeness (QED) is 0.198. The molecule has 0 aliphatic carbocycles. The number of nitrogens with one attached hydrogen (secondary N) is 1. The Bertz CT molecular complexity index is 1260. The summed E-state index contributed by atoms with van der Waals surface area (Å²) in [6, 6.07) is 16.2. The van der Waals surface area contributed by atoms with Gasteiger partial charge in [0.2, 0.25) is 0 Å². The summed E-state index contributed by atoms with van der Waals surface area (Å²) >= 11 is 0. The van der Waals surface area contributed by atoms with Crippen molar-refractivity contribution in [3.05, 3.63) is 65.5 Å². The van der Waals surface area contributed by atoms with Gasteiger partial charge in [0.15, 0.2) is 0 Å². The Balaban J connectivity index is 1.74. The van der Waals surface area contributed by atoms with E-state index in [0.717, 1.165) is 34.5 Å². The lowest BCUT2D eigenvalue weighted by molar-refractivity contribution is 0.0873. The molecule has 1 heterocycles. The molecule has 9 nitrogen and oxygen atoms in total. The molecule has 36 heavy (non-hydrogen) atoms. The first-order chi connectivity index (χ1) is 17.0. The van der Waals surface area contributed by atoms with Crippen LogP contribution in [0.2, 0.25) is 25.7 Å². The van der Waals surface area contributed by atoms with Gasteiger partial charge in [-0.05, 0) is 29.7 Å². The average molecular weight is 534 g/mol. The van der Waals surface area contributed by atoms with E-state index in [9.17, 15) is 13.2 Å². The van der Waals surface area contributed by atoms with E-state index in [-0.39, 0.29) is 19.8 Å². The third-order valence-corrected chi connectivity index (χ3v) is 7.73. The molecule has 1 aromatic heterocycles. The molecule has 3 rings (SSSR count). The maximum Gasteiger partial charge on any atom is 0.407 e. The summed E-state index contributed by atoms with van der Waals surface area (Å²) in [6.45, 7) is 8.17. The van der Waals surface area contributed by atoms with E-state index >= 15 is 0 Å². The normalized spacial score (nSPS) is 12.1. The predicted octanol–water partition coefficient (Wildman–Crippen LogP) is 4.29. The Morgan fingerprint density at radius 1 is 1.06 bits per heavy atom. The van der Waals surface area contributed by atoms with E-state index in [2.05, 4.69) is 25.0 Å². The Morgan fingerprint density at radius 3 is 2.50 bits per heavy atom. The highest BCUT2D eigenvalue weighted by atomic mass is 32.2. The number of rotatable bonds is 13. The number of nitrogens with zero attached hydrogens (tertiary/aromatic N) is 2. The van der Waals surface area contributed by atoms with Crippen molar-refractivity contribution >= 4 is 35.3 Å². The molecule has 0 unspecified atom stereocenters.